The summed E-state index contributed by atoms with van der Waals surface area (Å²) in [7, 11) is 0. The number of rotatable bonds is 5. The Kier molecular flexibility index (Phi) is 7.49. The summed E-state index contributed by atoms with van der Waals surface area (Å²) in [5.41, 5.74) is 11.4. The molecule has 0 bridgehead atoms. The quantitative estimate of drug-likeness (QED) is 0.451. The van der Waals surface area contributed by atoms with Gasteiger partial charge in [-0.1, -0.05) is 24.1 Å². The van der Waals surface area contributed by atoms with Gasteiger partial charge in [-0.2, -0.15) is 0 Å². The molecule has 1 fully saturated rings. The van der Waals surface area contributed by atoms with Gasteiger partial charge < -0.3 is 11.1 Å². The molecule has 21 heavy (non-hydrogen) atoms. The Labute approximate surface area is 145 Å². The second-order valence-corrected chi connectivity index (χ2v) is 6.08. The SMILES string of the molecule is Cc1cc(C)c(CCNC(N)=NCC2CCC2)c(C)c1.I. The third-order valence-electron chi connectivity index (χ3n) is 4.27. The molecule has 4 heteroatoms. The van der Waals surface area contributed by atoms with Crippen LogP contribution in [0.25, 0.3) is 0 Å². The molecule has 1 saturated carbocycles. The van der Waals surface area contributed by atoms with Crippen molar-refractivity contribution in [3.8, 4) is 0 Å². The lowest BCUT2D eigenvalue weighted by Gasteiger charge is -2.23. The first-order valence-corrected chi connectivity index (χ1v) is 7.67. The van der Waals surface area contributed by atoms with Crippen molar-refractivity contribution in [1.82, 2.24) is 5.32 Å². The van der Waals surface area contributed by atoms with E-state index in [-0.39, 0.29) is 24.0 Å². The van der Waals surface area contributed by atoms with Crippen molar-refractivity contribution in [2.45, 2.75) is 46.5 Å². The number of benzene rings is 1. The van der Waals surface area contributed by atoms with Crippen LogP contribution < -0.4 is 11.1 Å². The highest BCUT2D eigenvalue weighted by atomic mass is 127. The molecule has 0 unspecified atom stereocenters. The minimum atomic E-state index is 0. The lowest BCUT2D eigenvalue weighted by atomic mass is 9.86. The predicted octanol–water partition coefficient (Wildman–Crippen LogP) is 3.48. The molecule has 0 saturated heterocycles. The molecular formula is C17H28IN3. The van der Waals surface area contributed by atoms with Crippen LogP contribution in [0.4, 0.5) is 0 Å². The zero-order valence-corrected chi connectivity index (χ0v) is 15.7. The van der Waals surface area contributed by atoms with Crippen molar-refractivity contribution in [3.05, 3.63) is 34.4 Å². The Morgan fingerprint density at radius 2 is 1.86 bits per heavy atom. The summed E-state index contributed by atoms with van der Waals surface area (Å²) in [4.78, 5) is 4.42. The first-order chi connectivity index (χ1) is 9.56. The van der Waals surface area contributed by atoms with Gasteiger partial charge in [0.25, 0.3) is 0 Å². The van der Waals surface area contributed by atoms with E-state index in [4.69, 9.17) is 5.73 Å². The van der Waals surface area contributed by atoms with E-state index in [0.29, 0.717) is 5.96 Å². The van der Waals surface area contributed by atoms with E-state index in [1.165, 1.54) is 41.5 Å². The van der Waals surface area contributed by atoms with Crippen LogP contribution in [-0.4, -0.2) is 19.0 Å². The van der Waals surface area contributed by atoms with Gasteiger partial charge in [-0.15, -0.1) is 24.0 Å². The Balaban J connectivity index is 0.00000220. The number of aryl methyl sites for hydroxylation is 3. The minimum Gasteiger partial charge on any atom is -0.370 e. The molecule has 3 N–H and O–H groups in total. The standard InChI is InChI=1S/C17H27N3.HI/c1-12-9-13(2)16(14(3)10-12)7-8-19-17(18)20-11-15-5-4-6-15;/h9-10,15H,4-8,11H2,1-3H3,(H3,18,19,20);1H. The van der Waals surface area contributed by atoms with Crippen LogP contribution in [0.5, 0.6) is 0 Å². The average molecular weight is 401 g/mol. The molecule has 3 nitrogen and oxygen atoms in total. The first kappa shape index (κ1) is 18.3. The number of halogens is 1. The number of nitrogens with two attached hydrogens (primary N) is 1. The second kappa shape index (κ2) is 8.61. The van der Waals surface area contributed by atoms with Crippen LogP contribution in [-0.2, 0) is 6.42 Å². The van der Waals surface area contributed by atoms with Gasteiger partial charge >= 0.3 is 0 Å². The van der Waals surface area contributed by atoms with E-state index in [1.807, 2.05) is 0 Å². The molecular weight excluding hydrogens is 373 g/mol. The van der Waals surface area contributed by atoms with E-state index in [1.54, 1.807) is 0 Å². The van der Waals surface area contributed by atoms with Gasteiger partial charge in [-0.25, -0.2) is 0 Å². The van der Waals surface area contributed by atoms with Gasteiger partial charge in [0.05, 0.1) is 0 Å². The maximum Gasteiger partial charge on any atom is 0.188 e. The zero-order chi connectivity index (χ0) is 14.5. The highest BCUT2D eigenvalue weighted by Gasteiger charge is 2.16. The molecule has 0 aromatic heterocycles. The molecule has 1 aromatic rings. The lowest BCUT2D eigenvalue weighted by Crippen LogP contribution is -2.34. The lowest BCUT2D eigenvalue weighted by molar-refractivity contribution is 0.326. The van der Waals surface area contributed by atoms with Gasteiger partial charge in [0.15, 0.2) is 5.96 Å². The summed E-state index contributed by atoms with van der Waals surface area (Å²) < 4.78 is 0. The van der Waals surface area contributed by atoms with Crippen molar-refractivity contribution in [2.75, 3.05) is 13.1 Å². The molecule has 0 heterocycles. The van der Waals surface area contributed by atoms with E-state index in [2.05, 4.69) is 43.2 Å². The minimum absolute atomic E-state index is 0. The number of aliphatic imine (C=N–C) groups is 1. The molecule has 1 aliphatic carbocycles. The fourth-order valence-corrected chi connectivity index (χ4v) is 2.88. The van der Waals surface area contributed by atoms with Crippen LogP contribution in [0.3, 0.4) is 0 Å². The Morgan fingerprint density at radius 1 is 1.24 bits per heavy atom. The van der Waals surface area contributed by atoms with Crippen molar-refractivity contribution in [1.29, 1.82) is 0 Å². The summed E-state index contributed by atoms with van der Waals surface area (Å²) in [5, 5.41) is 3.23. The summed E-state index contributed by atoms with van der Waals surface area (Å²) in [5.74, 6) is 1.37. The van der Waals surface area contributed by atoms with Crippen LogP contribution in [0.2, 0.25) is 0 Å². The Hall–Kier alpha value is -0.780. The zero-order valence-electron chi connectivity index (χ0n) is 13.4. The molecule has 0 spiro atoms. The van der Waals surface area contributed by atoms with E-state index < -0.39 is 0 Å². The number of hydrogen-bond acceptors (Lipinski definition) is 1. The maximum absolute atomic E-state index is 5.90. The van der Waals surface area contributed by atoms with Gasteiger partial charge in [0, 0.05) is 13.1 Å². The van der Waals surface area contributed by atoms with Crippen molar-refractivity contribution in [2.24, 2.45) is 16.6 Å². The largest absolute Gasteiger partial charge is 0.370 e. The fourth-order valence-electron chi connectivity index (χ4n) is 2.88. The number of guanidine groups is 1. The highest BCUT2D eigenvalue weighted by Crippen LogP contribution is 2.26. The van der Waals surface area contributed by atoms with Crippen molar-refractivity contribution < 1.29 is 0 Å². The van der Waals surface area contributed by atoms with Crippen LogP contribution in [0, 0.1) is 26.7 Å². The van der Waals surface area contributed by atoms with Crippen LogP contribution in [0.1, 0.15) is 41.5 Å². The summed E-state index contributed by atoms with van der Waals surface area (Å²) in [6.45, 7) is 8.26. The van der Waals surface area contributed by atoms with Crippen LogP contribution in [0.15, 0.2) is 17.1 Å². The molecule has 1 aromatic carbocycles. The topological polar surface area (TPSA) is 50.4 Å². The number of nitrogens with one attached hydrogen (secondary N) is 1. The molecule has 1 aliphatic rings. The predicted molar refractivity (Wildman–Crippen MR) is 102 cm³/mol. The Bertz CT molecular complexity index is 470. The third kappa shape index (κ3) is 5.49. The number of hydrogen-bond donors (Lipinski definition) is 2. The smallest absolute Gasteiger partial charge is 0.188 e. The second-order valence-electron chi connectivity index (χ2n) is 6.08. The highest BCUT2D eigenvalue weighted by molar-refractivity contribution is 14.0. The fraction of sp³-hybridized carbons (Fsp3) is 0.588. The van der Waals surface area contributed by atoms with Crippen molar-refractivity contribution in [3.63, 3.8) is 0 Å². The van der Waals surface area contributed by atoms with Crippen LogP contribution >= 0.6 is 24.0 Å². The monoisotopic (exact) mass is 401 g/mol. The maximum atomic E-state index is 5.90. The third-order valence-corrected chi connectivity index (χ3v) is 4.27. The molecule has 0 atom stereocenters. The Morgan fingerprint density at radius 3 is 2.38 bits per heavy atom. The van der Waals surface area contributed by atoms with Gasteiger partial charge in [-0.3, -0.25) is 4.99 Å². The first-order valence-electron chi connectivity index (χ1n) is 7.67. The van der Waals surface area contributed by atoms with Gasteiger partial charge in [0.1, 0.15) is 0 Å². The molecule has 0 radical (unpaired) electrons. The summed E-state index contributed by atoms with van der Waals surface area (Å²) in [6.07, 6.45) is 4.99. The van der Waals surface area contributed by atoms with E-state index >= 15 is 0 Å². The summed E-state index contributed by atoms with van der Waals surface area (Å²) in [6, 6.07) is 4.49. The normalized spacial score (nSPS) is 15.3. The van der Waals surface area contributed by atoms with Gasteiger partial charge in [-0.05, 0) is 62.6 Å². The molecule has 0 aliphatic heterocycles. The molecule has 0 amide bonds. The average Bonchev–Trinajstić information content (AvgIpc) is 2.30. The van der Waals surface area contributed by atoms with E-state index in [9.17, 15) is 0 Å². The molecule has 118 valence electrons. The number of nitrogens with zero attached hydrogens (tertiary/aromatic N) is 1. The van der Waals surface area contributed by atoms with Gasteiger partial charge in [0.2, 0.25) is 0 Å². The summed E-state index contributed by atoms with van der Waals surface area (Å²) >= 11 is 0. The van der Waals surface area contributed by atoms with Crippen molar-refractivity contribution >= 4 is 29.9 Å². The molecule has 2 rings (SSSR count). The van der Waals surface area contributed by atoms with E-state index in [0.717, 1.165) is 25.4 Å².